The lowest BCUT2D eigenvalue weighted by molar-refractivity contribution is -0.0923. The van der Waals surface area contributed by atoms with E-state index in [0.29, 0.717) is 18.1 Å². The van der Waals surface area contributed by atoms with Gasteiger partial charge in [0.15, 0.2) is 0 Å². The summed E-state index contributed by atoms with van der Waals surface area (Å²) in [4.78, 5) is 17.0. The highest BCUT2D eigenvalue weighted by Crippen LogP contribution is 2.53. The van der Waals surface area contributed by atoms with Crippen molar-refractivity contribution in [3.8, 4) is 0 Å². The minimum atomic E-state index is -0.178. The van der Waals surface area contributed by atoms with Crippen molar-refractivity contribution in [2.24, 2.45) is 11.3 Å². The molecule has 1 saturated carbocycles. The Bertz CT molecular complexity index is 764. The second-order valence-electron chi connectivity index (χ2n) is 6.64. The fourth-order valence-corrected chi connectivity index (χ4v) is 4.41. The molecule has 1 aliphatic carbocycles. The molecular weight excluding hydrogens is 334 g/mol. The predicted octanol–water partition coefficient (Wildman–Crippen LogP) is 2.84. The molecule has 3 atom stereocenters. The number of H-pyrrole nitrogens is 2. The maximum Gasteiger partial charge on any atom is 0.323 e. The highest BCUT2D eigenvalue weighted by atomic mass is 79.9. The van der Waals surface area contributed by atoms with Crippen molar-refractivity contribution in [1.29, 1.82) is 0 Å². The lowest BCUT2D eigenvalue weighted by Crippen LogP contribution is -2.63. The molecule has 21 heavy (non-hydrogen) atoms. The van der Waals surface area contributed by atoms with Gasteiger partial charge < -0.3 is 20.0 Å². The molecule has 3 N–H and O–H groups in total. The van der Waals surface area contributed by atoms with Crippen LogP contribution >= 0.6 is 15.9 Å². The highest BCUT2D eigenvalue weighted by Gasteiger charge is 2.59. The number of fused-ring (bicyclic) bond motifs is 2. The molecular formula is C15H18BrN3O2. The van der Waals surface area contributed by atoms with Crippen LogP contribution in [0.4, 0.5) is 5.69 Å². The molecule has 6 heteroatoms. The molecule has 2 aliphatic rings. The number of aromatic nitrogens is 2. The van der Waals surface area contributed by atoms with Crippen molar-refractivity contribution in [3.63, 3.8) is 0 Å². The van der Waals surface area contributed by atoms with Gasteiger partial charge in [-0.1, -0.05) is 13.8 Å². The molecule has 2 heterocycles. The Morgan fingerprint density at radius 1 is 1.33 bits per heavy atom. The van der Waals surface area contributed by atoms with Crippen LogP contribution in [0.1, 0.15) is 20.3 Å². The molecule has 1 aliphatic heterocycles. The third-order valence-corrected chi connectivity index (χ3v) is 5.67. The maximum atomic E-state index is 11.4. The molecule has 1 aromatic carbocycles. The van der Waals surface area contributed by atoms with Gasteiger partial charge in [0.25, 0.3) is 0 Å². The summed E-state index contributed by atoms with van der Waals surface area (Å²) in [6.07, 6.45) is 1.48. The summed E-state index contributed by atoms with van der Waals surface area (Å²) < 4.78 is 6.80. The number of hydrogen-bond donors (Lipinski definition) is 3. The van der Waals surface area contributed by atoms with Gasteiger partial charge in [-0.25, -0.2) is 4.79 Å². The van der Waals surface area contributed by atoms with E-state index in [1.165, 1.54) is 0 Å². The summed E-state index contributed by atoms with van der Waals surface area (Å²) >= 11 is 3.59. The standard InChI is InChI=1S/C15H18BrN3O2/c1-15(2)12(7-3-4-21-13(7)15)17-9-6-11-10(5-8(9)16)18-14(20)19-11/h5-7,12-13,17H,3-4H2,1-2H3,(H2,18,19,20). The summed E-state index contributed by atoms with van der Waals surface area (Å²) in [5, 5.41) is 3.65. The van der Waals surface area contributed by atoms with Crippen LogP contribution in [0.15, 0.2) is 21.4 Å². The maximum absolute atomic E-state index is 11.4. The zero-order chi connectivity index (χ0) is 14.8. The fraction of sp³-hybridized carbons (Fsp3) is 0.533. The molecule has 112 valence electrons. The van der Waals surface area contributed by atoms with E-state index < -0.39 is 0 Å². The largest absolute Gasteiger partial charge is 0.380 e. The number of anilines is 1. The van der Waals surface area contributed by atoms with Gasteiger partial charge in [-0.15, -0.1) is 0 Å². The predicted molar refractivity (Wildman–Crippen MR) is 85.7 cm³/mol. The van der Waals surface area contributed by atoms with E-state index in [4.69, 9.17) is 4.74 Å². The van der Waals surface area contributed by atoms with E-state index in [1.54, 1.807) is 0 Å². The van der Waals surface area contributed by atoms with Gasteiger partial charge in [0.1, 0.15) is 0 Å². The third-order valence-electron chi connectivity index (χ3n) is 5.02. The Kier molecular flexibility index (Phi) is 2.78. The van der Waals surface area contributed by atoms with Gasteiger partial charge >= 0.3 is 5.69 Å². The summed E-state index contributed by atoms with van der Waals surface area (Å²) in [7, 11) is 0. The first-order valence-corrected chi connectivity index (χ1v) is 8.06. The molecule has 0 spiro atoms. The molecule has 3 unspecified atom stereocenters. The van der Waals surface area contributed by atoms with Gasteiger partial charge in [-0.05, 0) is 34.5 Å². The molecule has 5 nitrogen and oxygen atoms in total. The van der Waals surface area contributed by atoms with Crippen LogP contribution in [0.25, 0.3) is 11.0 Å². The van der Waals surface area contributed by atoms with Gasteiger partial charge in [-0.2, -0.15) is 0 Å². The molecule has 2 fully saturated rings. The van der Waals surface area contributed by atoms with Crippen LogP contribution in [0.2, 0.25) is 0 Å². The van der Waals surface area contributed by atoms with Gasteiger partial charge in [-0.3, -0.25) is 0 Å². The summed E-state index contributed by atoms with van der Waals surface area (Å²) in [6.45, 7) is 5.37. The van der Waals surface area contributed by atoms with Crippen molar-refractivity contribution in [1.82, 2.24) is 9.97 Å². The fourth-order valence-electron chi connectivity index (χ4n) is 3.95. The molecule has 1 saturated heterocycles. The van der Waals surface area contributed by atoms with Crippen LogP contribution in [-0.2, 0) is 4.74 Å². The first kappa shape index (κ1) is 13.4. The SMILES string of the molecule is CC1(C)C(Nc2cc3[nH]c(=O)[nH]c3cc2Br)C2CCOC21. The van der Waals surface area contributed by atoms with E-state index in [-0.39, 0.29) is 11.1 Å². The number of hydrogen-bond acceptors (Lipinski definition) is 3. The molecule has 0 radical (unpaired) electrons. The number of benzene rings is 1. The molecule has 0 bridgehead atoms. The zero-order valence-electron chi connectivity index (χ0n) is 12.0. The summed E-state index contributed by atoms with van der Waals surface area (Å²) in [6, 6.07) is 4.31. The van der Waals surface area contributed by atoms with E-state index in [1.807, 2.05) is 12.1 Å². The Balaban J connectivity index is 1.68. The number of aromatic amines is 2. The minimum absolute atomic E-state index is 0.126. The Morgan fingerprint density at radius 2 is 2.05 bits per heavy atom. The van der Waals surface area contributed by atoms with Crippen LogP contribution in [-0.4, -0.2) is 28.7 Å². The van der Waals surface area contributed by atoms with E-state index in [0.717, 1.165) is 34.2 Å². The lowest BCUT2D eigenvalue weighted by Gasteiger charge is -2.55. The number of ether oxygens (including phenoxy) is 1. The normalized spacial score (nSPS) is 30.1. The Hall–Kier alpha value is -1.27. The van der Waals surface area contributed by atoms with E-state index >= 15 is 0 Å². The van der Waals surface area contributed by atoms with Crippen molar-refractivity contribution in [3.05, 3.63) is 27.1 Å². The monoisotopic (exact) mass is 351 g/mol. The number of halogens is 1. The Morgan fingerprint density at radius 3 is 2.81 bits per heavy atom. The number of nitrogens with one attached hydrogen (secondary N) is 3. The quantitative estimate of drug-likeness (QED) is 0.779. The first-order valence-electron chi connectivity index (χ1n) is 7.26. The molecule has 0 amide bonds. The summed E-state index contributed by atoms with van der Waals surface area (Å²) in [5.74, 6) is 0.577. The smallest absolute Gasteiger partial charge is 0.323 e. The average molecular weight is 352 g/mol. The second-order valence-corrected chi connectivity index (χ2v) is 7.50. The topological polar surface area (TPSA) is 69.9 Å². The van der Waals surface area contributed by atoms with Crippen molar-refractivity contribution < 1.29 is 4.74 Å². The third kappa shape index (κ3) is 1.89. The molecule has 4 rings (SSSR count). The van der Waals surface area contributed by atoms with Crippen LogP contribution in [0, 0.1) is 11.3 Å². The molecule has 2 aromatic rings. The minimum Gasteiger partial charge on any atom is -0.380 e. The van der Waals surface area contributed by atoms with E-state index in [9.17, 15) is 4.79 Å². The van der Waals surface area contributed by atoms with Gasteiger partial charge in [0.2, 0.25) is 0 Å². The van der Waals surface area contributed by atoms with Crippen LogP contribution in [0.3, 0.4) is 0 Å². The number of rotatable bonds is 2. The van der Waals surface area contributed by atoms with Gasteiger partial charge in [0, 0.05) is 28.5 Å². The first-order chi connectivity index (χ1) is 9.96. The second kappa shape index (κ2) is 4.36. The number of imidazole rings is 1. The van der Waals surface area contributed by atoms with Crippen molar-refractivity contribution in [2.75, 3.05) is 11.9 Å². The van der Waals surface area contributed by atoms with Crippen LogP contribution < -0.4 is 11.0 Å². The van der Waals surface area contributed by atoms with Crippen molar-refractivity contribution in [2.45, 2.75) is 32.4 Å². The Labute approximate surface area is 130 Å². The van der Waals surface area contributed by atoms with E-state index in [2.05, 4.69) is 45.1 Å². The highest BCUT2D eigenvalue weighted by molar-refractivity contribution is 9.10. The lowest BCUT2D eigenvalue weighted by atomic mass is 9.57. The van der Waals surface area contributed by atoms with Crippen molar-refractivity contribution >= 4 is 32.7 Å². The van der Waals surface area contributed by atoms with Crippen LogP contribution in [0.5, 0.6) is 0 Å². The molecule has 1 aromatic heterocycles. The van der Waals surface area contributed by atoms with Gasteiger partial charge in [0.05, 0.1) is 22.8 Å². The zero-order valence-corrected chi connectivity index (χ0v) is 13.6. The summed E-state index contributed by atoms with van der Waals surface area (Å²) in [5.41, 5.74) is 2.60. The average Bonchev–Trinajstić information content (AvgIpc) is 2.99.